The molecule has 3 nitrogen and oxygen atoms in total. The predicted octanol–water partition coefficient (Wildman–Crippen LogP) is 1.29. The number of carboxylic acids is 1. The highest BCUT2D eigenvalue weighted by Crippen LogP contribution is 2.21. The third-order valence-electron chi connectivity index (χ3n) is 2.00. The molecular formula is C10H12O3. The average Bonchev–Trinajstić information content (AvgIpc) is 2.04. The molecule has 1 atom stereocenters. The van der Waals surface area contributed by atoms with Crippen LogP contribution in [0.3, 0.4) is 0 Å². The van der Waals surface area contributed by atoms with E-state index in [0.717, 1.165) is 5.56 Å². The fraction of sp³-hybridized carbons (Fsp3) is 0.300. The zero-order valence-electron chi connectivity index (χ0n) is 7.61. The van der Waals surface area contributed by atoms with Crippen LogP contribution in [0.25, 0.3) is 0 Å². The Bertz CT molecular complexity index is 329. The SMILES string of the molecule is Cc1cccc([C@](C)(O)C(=O)O)c1. The Morgan fingerprint density at radius 1 is 1.46 bits per heavy atom. The minimum atomic E-state index is -1.80. The van der Waals surface area contributed by atoms with Crippen LogP contribution in [0, 0.1) is 6.92 Å². The van der Waals surface area contributed by atoms with Crippen LogP contribution in [0.5, 0.6) is 0 Å². The monoisotopic (exact) mass is 180 g/mol. The maximum absolute atomic E-state index is 10.7. The van der Waals surface area contributed by atoms with Gasteiger partial charge in [0.1, 0.15) is 0 Å². The van der Waals surface area contributed by atoms with Crippen molar-refractivity contribution in [2.45, 2.75) is 19.4 Å². The molecule has 0 unspecified atom stereocenters. The van der Waals surface area contributed by atoms with E-state index in [1.807, 2.05) is 13.0 Å². The lowest BCUT2D eigenvalue weighted by molar-refractivity contribution is -0.157. The summed E-state index contributed by atoms with van der Waals surface area (Å²) in [6, 6.07) is 6.83. The van der Waals surface area contributed by atoms with Crippen molar-refractivity contribution < 1.29 is 15.0 Å². The molecule has 0 bridgehead atoms. The summed E-state index contributed by atoms with van der Waals surface area (Å²) in [4.78, 5) is 10.7. The highest BCUT2D eigenvalue weighted by atomic mass is 16.4. The third-order valence-corrected chi connectivity index (χ3v) is 2.00. The second-order valence-electron chi connectivity index (χ2n) is 3.25. The van der Waals surface area contributed by atoms with E-state index in [0.29, 0.717) is 5.56 Å². The molecule has 0 saturated carbocycles. The molecule has 2 N–H and O–H groups in total. The van der Waals surface area contributed by atoms with Crippen LogP contribution >= 0.6 is 0 Å². The van der Waals surface area contributed by atoms with E-state index in [1.54, 1.807) is 18.2 Å². The lowest BCUT2D eigenvalue weighted by Crippen LogP contribution is -2.31. The number of hydrogen-bond acceptors (Lipinski definition) is 2. The Morgan fingerprint density at radius 3 is 2.54 bits per heavy atom. The van der Waals surface area contributed by atoms with Gasteiger partial charge in [-0.2, -0.15) is 0 Å². The first kappa shape index (κ1) is 9.74. The minimum absolute atomic E-state index is 0.403. The maximum atomic E-state index is 10.7. The van der Waals surface area contributed by atoms with Gasteiger partial charge in [-0.05, 0) is 19.4 Å². The molecular weight excluding hydrogens is 168 g/mol. The number of carboxylic acid groups (broad SMARTS) is 1. The molecule has 1 rings (SSSR count). The summed E-state index contributed by atoms with van der Waals surface area (Å²) in [7, 11) is 0. The van der Waals surface area contributed by atoms with Gasteiger partial charge >= 0.3 is 5.97 Å². The van der Waals surface area contributed by atoms with Crippen molar-refractivity contribution in [3.05, 3.63) is 35.4 Å². The van der Waals surface area contributed by atoms with Gasteiger partial charge in [0.25, 0.3) is 0 Å². The molecule has 0 amide bonds. The van der Waals surface area contributed by atoms with Crippen molar-refractivity contribution in [1.29, 1.82) is 0 Å². The number of aryl methyl sites for hydroxylation is 1. The summed E-state index contributed by atoms with van der Waals surface area (Å²) in [6.45, 7) is 3.12. The van der Waals surface area contributed by atoms with Crippen LogP contribution in [-0.4, -0.2) is 16.2 Å². The number of rotatable bonds is 2. The summed E-state index contributed by atoms with van der Waals surface area (Å²) < 4.78 is 0. The second-order valence-corrected chi connectivity index (χ2v) is 3.25. The molecule has 0 spiro atoms. The van der Waals surface area contributed by atoms with Crippen LogP contribution in [0.2, 0.25) is 0 Å². The Morgan fingerprint density at radius 2 is 2.08 bits per heavy atom. The number of aliphatic carboxylic acids is 1. The van der Waals surface area contributed by atoms with E-state index in [9.17, 15) is 9.90 Å². The topological polar surface area (TPSA) is 57.5 Å². The smallest absolute Gasteiger partial charge is 0.340 e. The van der Waals surface area contributed by atoms with Gasteiger partial charge in [-0.15, -0.1) is 0 Å². The van der Waals surface area contributed by atoms with Gasteiger partial charge < -0.3 is 10.2 Å². The Hall–Kier alpha value is -1.35. The van der Waals surface area contributed by atoms with Crippen LogP contribution < -0.4 is 0 Å². The molecule has 0 aliphatic heterocycles. The van der Waals surface area contributed by atoms with Gasteiger partial charge in [0, 0.05) is 0 Å². The van der Waals surface area contributed by atoms with Crippen molar-refractivity contribution >= 4 is 5.97 Å². The maximum Gasteiger partial charge on any atom is 0.340 e. The molecule has 0 aliphatic carbocycles. The van der Waals surface area contributed by atoms with Crippen molar-refractivity contribution in [2.75, 3.05) is 0 Å². The standard InChI is InChI=1S/C10H12O3/c1-7-4-3-5-8(6-7)10(2,13)9(11)12/h3-6,13H,1-2H3,(H,11,12)/t10-/m0/s1. The van der Waals surface area contributed by atoms with Crippen molar-refractivity contribution in [3.8, 4) is 0 Å². The van der Waals surface area contributed by atoms with Crippen LogP contribution in [0.4, 0.5) is 0 Å². The van der Waals surface area contributed by atoms with Gasteiger partial charge in [0.05, 0.1) is 0 Å². The van der Waals surface area contributed by atoms with Gasteiger partial charge in [-0.1, -0.05) is 29.8 Å². The molecule has 3 heteroatoms. The molecule has 0 saturated heterocycles. The van der Waals surface area contributed by atoms with E-state index in [-0.39, 0.29) is 0 Å². The Labute approximate surface area is 76.6 Å². The van der Waals surface area contributed by atoms with Gasteiger partial charge in [0.15, 0.2) is 5.60 Å². The molecule has 0 heterocycles. The van der Waals surface area contributed by atoms with Gasteiger partial charge in [-0.3, -0.25) is 0 Å². The molecule has 0 fully saturated rings. The van der Waals surface area contributed by atoms with E-state index in [4.69, 9.17) is 5.11 Å². The number of hydrogen-bond donors (Lipinski definition) is 2. The molecule has 70 valence electrons. The summed E-state index contributed by atoms with van der Waals surface area (Å²) in [5.41, 5.74) is -0.467. The van der Waals surface area contributed by atoms with Crippen LogP contribution in [0.15, 0.2) is 24.3 Å². The van der Waals surface area contributed by atoms with E-state index in [1.165, 1.54) is 6.92 Å². The first-order chi connectivity index (χ1) is 5.94. The van der Waals surface area contributed by atoms with Gasteiger partial charge in [-0.25, -0.2) is 4.79 Å². The molecule has 1 aromatic rings. The summed E-state index contributed by atoms with van der Waals surface area (Å²) in [5, 5.41) is 18.3. The van der Waals surface area contributed by atoms with Crippen LogP contribution in [-0.2, 0) is 10.4 Å². The zero-order chi connectivity index (χ0) is 10.1. The fourth-order valence-electron chi connectivity index (χ4n) is 1.07. The Balaban J connectivity index is 3.14. The molecule has 0 radical (unpaired) electrons. The normalized spacial score (nSPS) is 15.0. The third kappa shape index (κ3) is 1.87. The average molecular weight is 180 g/mol. The number of carbonyl (C=O) groups is 1. The zero-order valence-corrected chi connectivity index (χ0v) is 7.61. The largest absolute Gasteiger partial charge is 0.479 e. The summed E-state index contributed by atoms with van der Waals surface area (Å²) in [5.74, 6) is -1.24. The first-order valence-corrected chi connectivity index (χ1v) is 3.97. The predicted molar refractivity (Wildman–Crippen MR) is 48.4 cm³/mol. The summed E-state index contributed by atoms with van der Waals surface area (Å²) >= 11 is 0. The summed E-state index contributed by atoms with van der Waals surface area (Å²) in [6.07, 6.45) is 0. The molecule has 1 aromatic carbocycles. The molecule has 0 aromatic heterocycles. The lowest BCUT2D eigenvalue weighted by atomic mass is 9.95. The highest BCUT2D eigenvalue weighted by Gasteiger charge is 2.31. The van der Waals surface area contributed by atoms with Gasteiger partial charge in [0.2, 0.25) is 0 Å². The fourth-order valence-corrected chi connectivity index (χ4v) is 1.07. The lowest BCUT2D eigenvalue weighted by Gasteiger charge is -2.18. The van der Waals surface area contributed by atoms with Crippen molar-refractivity contribution in [2.24, 2.45) is 0 Å². The van der Waals surface area contributed by atoms with Crippen molar-refractivity contribution in [3.63, 3.8) is 0 Å². The molecule has 13 heavy (non-hydrogen) atoms. The van der Waals surface area contributed by atoms with Crippen LogP contribution in [0.1, 0.15) is 18.1 Å². The minimum Gasteiger partial charge on any atom is -0.479 e. The Kier molecular flexibility index (Phi) is 2.38. The number of benzene rings is 1. The van der Waals surface area contributed by atoms with E-state index < -0.39 is 11.6 Å². The second kappa shape index (κ2) is 3.18. The number of aliphatic hydroxyl groups is 1. The van der Waals surface area contributed by atoms with E-state index >= 15 is 0 Å². The molecule has 0 aliphatic rings. The highest BCUT2D eigenvalue weighted by molar-refractivity contribution is 5.78. The quantitative estimate of drug-likeness (QED) is 0.721. The van der Waals surface area contributed by atoms with E-state index in [2.05, 4.69) is 0 Å². The van der Waals surface area contributed by atoms with Crippen molar-refractivity contribution in [1.82, 2.24) is 0 Å². The first-order valence-electron chi connectivity index (χ1n) is 3.97.